The van der Waals surface area contributed by atoms with E-state index in [1.807, 2.05) is 11.3 Å². The molecule has 0 atom stereocenters. The molecule has 0 aliphatic heterocycles. The summed E-state index contributed by atoms with van der Waals surface area (Å²) < 4.78 is 2.63. The number of anilines is 3. The lowest BCUT2D eigenvalue weighted by molar-refractivity contribution is 1.31. The zero-order valence-electron chi connectivity index (χ0n) is 23.9. The van der Waals surface area contributed by atoms with Crippen LogP contribution < -0.4 is 4.90 Å². The van der Waals surface area contributed by atoms with Crippen molar-refractivity contribution < 1.29 is 0 Å². The fraction of sp³-hybridized carbons (Fsp3) is 0. The van der Waals surface area contributed by atoms with Crippen LogP contribution >= 0.6 is 11.3 Å². The predicted molar refractivity (Wildman–Crippen MR) is 192 cm³/mol. The summed E-state index contributed by atoms with van der Waals surface area (Å²) in [5.41, 5.74) is 5.88. The largest absolute Gasteiger partial charge is 0.309 e. The molecule has 8 aromatic carbocycles. The molecule has 0 spiro atoms. The van der Waals surface area contributed by atoms with E-state index in [0.717, 1.165) is 11.4 Å². The average molecular weight is 578 g/mol. The molecule has 0 aliphatic rings. The van der Waals surface area contributed by atoms with Gasteiger partial charge in [0.25, 0.3) is 0 Å². The van der Waals surface area contributed by atoms with Gasteiger partial charge in [-0.05, 0) is 68.9 Å². The molecule has 2 heteroatoms. The standard InChI is InChI=1S/C42H27NS/c1-2-12-28(13-3-1)32-15-8-10-20-38(32)43(31-24-25-41-37(27-31)35-18-9-11-21-40(35)44-41)39-26-30-23-22-29-14-4-5-16-33(29)42(30)36-19-7-6-17-34(36)39/h1-27H. The monoisotopic (exact) mass is 577 g/mol. The number of para-hydroxylation sites is 1. The molecule has 1 aromatic heterocycles. The van der Waals surface area contributed by atoms with E-state index in [-0.39, 0.29) is 0 Å². The zero-order chi connectivity index (χ0) is 29.0. The van der Waals surface area contributed by atoms with Crippen LogP contribution in [0.25, 0.3) is 63.6 Å². The first-order chi connectivity index (χ1) is 21.8. The summed E-state index contributed by atoms with van der Waals surface area (Å²) in [5.74, 6) is 0. The number of fused-ring (bicyclic) bond motifs is 8. The third-order valence-corrected chi connectivity index (χ3v) is 9.97. The van der Waals surface area contributed by atoms with Crippen LogP contribution in [0.3, 0.4) is 0 Å². The minimum absolute atomic E-state index is 1.15. The summed E-state index contributed by atoms with van der Waals surface area (Å²) in [6.45, 7) is 0. The van der Waals surface area contributed by atoms with E-state index in [9.17, 15) is 0 Å². The molecule has 0 fully saturated rings. The molecule has 9 aromatic rings. The lowest BCUT2D eigenvalue weighted by Gasteiger charge is -2.30. The Balaban J connectivity index is 1.40. The number of rotatable bonds is 4. The molecular formula is C42H27NS. The van der Waals surface area contributed by atoms with E-state index in [1.54, 1.807) is 0 Å². The van der Waals surface area contributed by atoms with Crippen molar-refractivity contribution in [1.82, 2.24) is 0 Å². The first-order valence-corrected chi connectivity index (χ1v) is 15.8. The number of hydrogen-bond acceptors (Lipinski definition) is 2. The quantitative estimate of drug-likeness (QED) is 0.188. The summed E-state index contributed by atoms with van der Waals surface area (Å²) in [4.78, 5) is 2.48. The molecule has 44 heavy (non-hydrogen) atoms. The van der Waals surface area contributed by atoms with E-state index >= 15 is 0 Å². The third-order valence-electron chi connectivity index (χ3n) is 8.81. The minimum atomic E-state index is 1.15. The van der Waals surface area contributed by atoms with Gasteiger partial charge >= 0.3 is 0 Å². The van der Waals surface area contributed by atoms with Crippen molar-refractivity contribution in [2.75, 3.05) is 4.90 Å². The third kappa shape index (κ3) is 3.92. The highest BCUT2D eigenvalue weighted by Gasteiger charge is 2.21. The molecule has 0 saturated heterocycles. The molecule has 1 heterocycles. The SMILES string of the molecule is c1ccc(-c2ccccc2N(c2ccc3sc4ccccc4c3c2)c2cc3ccc4ccccc4c3c3ccccc23)cc1. The van der Waals surface area contributed by atoms with E-state index in [0.29, 0.717) is 0 Å². The van der Waals surface area contributed by atoms with Crippen LogP contribution in [0.1, 0.15) is 0 Å². The highest BCUT2D eigenvalue weighted by atomic mass is 32.1. The van der Waals surface area contributed by atoms with Crippen molar-refractivity contribution in [2.45, 2.75) is 0 Å². The van der Waals surface area contributed by atoms with Crippen LogP contribution in [0, 0.1) is 0 Å². The van der Waals surface area contributed by atoms with Crippen LogP contribution in [0.2, 0.25) is 0 Å². The van der Waals surface area contributed by atoms with Gasteiger partial charge in [-0.3, -0.25) is 0 Å². The predicted octanol–water partition coefficient (Wildman–Crippen LogP) is 12.7. The van der Waals surface area contributed by atoms with Crippen molar-refractivity contribution in [1.29, 1.82) is 0 Å². The molecule has 206 valence electrons. The zero-order valence-corrected chi connectivity index (χ0v) is 24.8. The summed E-state index contributed by atoms with van der Waals surface area (Å²) in [6, 6.07) is 59.8. The Morgan fingerprint density at radius 1 is 0.386 bits per heavy atom. The molecule has 0 radical (unpaired) electrons. The second-order valence-corrected chi connectivity index (χ2v) is 12.4. The van der Waals surface area contributed by atoms with Gasteiger partial charge < -0.3 is 4.90 Å². The first kappa shape index (κ1) is 25.1. The van der Waals surface area contributed by atoms with Crippen LogP contribution in [-0.4, -0.2) is 0 Å². The average Bonchev–Trinajstić information content (AvgIpc) is 3.47. The van der Waals surface area contributed by atoms with Gasteiger partial charge in [-0.25, -0.2) is 0 Å². The van der Waals surface area contributed by atoms with Crippen LogP contribution in [0.15, 0.2) is 164 Å². The Morgan fingerprint density at radius 3 is 1.93 bits per heavy atom. The van der Waals surface area contributed by atoms with Crippen molar-refractivity contribution in [3.8, 4) is 11.1 Å². The number of thiophene rings is 1. The van der Waals surface area contributed by atoms with Gasteiger partial charge in [0, 0.05) is 36.8 Å². The molecule has 1 nitrogen and oxygen atoms in total. The molecule has 9 rings (SSSR count). The summed E-state index contributed by atoms with van der Waals surface area (Å²) in [5, 5.41) is 10.2. The topological polar surface area (TPSA) is 3.24 Å². The highest BCUT2D eigenvalue weighted by molar-refractivity contribution is 7.25. The van der Waals surface area contributed by atoms with Crippen molar-refractivity contribution in [3.05, 3.63) is 164 Å². The van der Waals surface area contributed by atoms with Gasteiger partial charge in [-0.2, -0.15) is 0 Å². The fourth-order valence-electron chi connectivity index (χ4n) is 6.84. The van der Waals surface area contributed by atoms with E-state index in [1.165, 1.54) is 69.3 Å². The lowest BCUT2D eigenvalue weighted by Crippen LogP contribution is -2.12. The van der Waals surface area contributed by atoms with Gasteiger partial charge in [0.15, 0.2) is 0 Å². The van der Waals surface area contributed by atoms with Gasteiger partial charge in [0.1, 0.15) is 0 Å². The summed E-state index contributed by atoms with van der Waals surface area (Å²) in [7, 11) is 0. The van der Waals surface area contributed by atoms with Gasteiger partial charge in [-0.1, -0.05) is 127 Å². The first-order valence-electron chi connectivity index (χ1n) is 15.0. The second kappa shape index (κ2) is 10.1. The molecule has 0 unspecified atom stereocenters. The second-order valence-electron chi connectivity index (χ2n) is 11.3. The van der Waals surface area contributed by atoms with E-state index in [2.05, 4.69) is 169 Å². The number of hydrogen-bond donors (Lipinski definition) is 0. The Kier molecular flexibility index (Phi) is 5.75. The Hall–Kier alpha value is -5.44. The van der Waals surface area contributed by atoms with Gasteiger partial charge in [0.05, 0.1) is 11.4 Å². The normalized spacial score (nSPS) is 11.6. The molecule has 0 N–H and O–H groups in total. The Bertz CT molecular complexity index is 2510. The highest BCUT2D eigenvalue weighted by Crippen LogP contribution is 2.47. The van der Waals surface area contributed by atoms with Crippen molar-refractivity contribution in [2.24, 2.45) is 0 Å². The van der Waals surface area contributed by atoms with E-state index < -0.39 is 0 Å². The molecular weight excluding hydrogens is 551 g/mol. The molecule has 0 saturated carbocycles. The maximum absolute atomic E-state index is 2.48. The van der Waals surface area contributed by atoms with Crippen molar-refractivity contribution >= 4 is 80.9 Å². The Morgan fingerprint density at radius 2 is 1.05 bits per heavy atom. The number of nitrogens with zero attached hydrogens (tertiary/aromatic N) is 1. The summed E-state index contributed by atoms with van der Waals surface area (Å²) in [6.07, 6.45) is 0. The van der Waals surface area contributed by atoms with Crippen LogP contribution in [0.4, 0.5) is 17.1 Å². The molecule has 0 aliphatic carbocycles. The van der Waals surface area contributed by atoms with Crippen LogP contribution in [-0.2, 0) is 0 Å². The van der Waals surface area contributed by atoms with Gasteiger partial charge in [0.2, 0.25) is 0 Å². The summed E-state index contributed by atoms with van der Waals surface area (Å²) >= 11 is 1.86. The maximum Gasteiger partial charge on any atom is 0.0546 e. The maximum atomic E-state index is 2.48. The van der Waals surface area contributed by atoms with Crippen LogP contribution in [0.5, 0.6) is 0 Å². The minimum Gasteiger partial charge on any atom is -0.309 e. The molecule has 0 bridgehead atoms. The Labute approximate surface area is 259 Å². The lowest BCUT2D eigenvalue weighted by atomic mass is 9.94. The number of benzene rings is 8. The van der Waals surface area contributed by atoms with Gasteiger partial charge in [-0.15, -0.1) is 11.3 Å². The smallest absolute Gasteiger partial charge is 0.0546 e. The molecule has 0 amide bonds. The van der Waals surface area contributed by atoms with Crippen molar-refractivity contribution in [3.63, 3.8) is 0 Å². The van der Waals surface area contributed by atoms with E-state index in [4.69, 9.17) is 0 Å². The fourth-order valence-corrected chi connectivity index (χ4v) is 7.92.